The topological polar surface area (TPSA) is 26.3 Å². The van der Waals surface area contributed by atoms with Gasteiger partial charge >= 0.3 is 0 Å². The summed E-state index contributed by atoms with van der Waals surface area (Å²) in [7, 11) is -1.55. The summed E-state index contributed by atoms with van der Waals surface area (Å²) in [5.41, 5.74) is 0. The van der Waals surface area contributed by atoms with Gasteiger partial charge in [-0.1, -0.05) is 19.9 Å². The number of carbonyl (C=O) groups is 1. The zero-order chi connectivity index (χ0) is 9.61. The molecule has 3 heteroatoms. The second-order valence-corrected chi connectivity index (χ2v) is 7.78. The van der Waals surface area contributed by atoms with E-state index in [-0.39, 0.29) is 12.4 Å². The molecule has 0 heterocycles. The van der Waals surface area contributed by atoms with Gasteiger partial charge in [0.15, 0.2) is 14.1 Å². The Morgan fingerprint density at radius 1 is 1.58 bits per heavy atom. The average molecular weight is 186 g/mol. The van der Waals surface area contributed by atoms with Crippen LogP contribution in [0, 0.1) is 0 Å². The molecule has 0 atom stereocenters. The monoisotopic (exact) mass is 186 g/mol. The van der Waals surface area contributed by atoms with Crippen molar-refractivity contribution in [3.63, 3.8) is 0 Å². The molecule has 0 saturated heterocycles. The van der Waals surface area contributed by atoms with Crippen molar-refractivity contribution in [3.05, 3.63) is 12.7 Å². The minimum Gasteiger partial charge on any atom is -0.410 e. The van der Waals surface area contributed by atoms with Crippen molar-refractivity contribution in [2.45, 2.75) is 32.5 Å². The quantitative estimate of drug-likeness (QED) is 0.470. The van der Waals surface area contributed by atoms with Gasteiger partial charge in [0.1, 0.15) is 0 Å². The van der Waals surface area contributed by atoms with E-state index in [2.05, 4.69) is 26.6 Å². The summed E-state index contributed by atoms with van der Waals surface area (Å²) < 4.78 is 5.54. The molecule has 0 saturated carbocycles. The molecule has 0 rings (SSSR count). The van der Waals surface area contributed by atoms with Gasteiger partial charge in [0.25, 0.3) is 0 Å². The Balaban J connectivity index is 3.74. The summed E-state index contributed by atoms with van der Waals surface area (Å²) in [5, 5.41) is 0. The fourth-order valence-corrected chi connectivity index (χ4v) is 2.88. The zero-order valence-corrected chi connectivity index (χ0v) is 9.22. The number of hydrogen-bond donors (Lipinski definition) is 0. The number of carbonyl (C=O) groups excluding carboxylic acids is 1. The molecule has 0 spiro atoms. The molecular formula is C9H18O2Si. The summed E-state index contributed by atoms with van der Waals surface area (Å²) in [6.45, 7) is 10.0. The second-order valence-electron chi connectivity index (χ2n) is 3.47. The molecule has 0 radical (unpaired) electrons. The van der Waals surface area contributed by atoms with Gasteiger partial charge in [0.2, 0.25) is 0 Å². The number of ketones is 1. The molecule has 0 fully saturated rings. The van der Waals surface area contributed by atoms with Crippen molar-refractivity contribution in [2.24, 2.45) is 0 Å². The van der Waals surface area contributed by atoms with Crippen LogP contribution in [0.15, 0.2) is 12.7 Å². The van der Waals surface area contributed by atoms with Gasteiger partial charge in [0, 0.05) is 0 Å². The van der Waals surface area contributed by atoms with Gasteiger partial charge in [-0.05, 0) is 25.2 Å². The van der Waals surface area contributed by atoms with Crippen molar-refractivity contribution in [3.8, 4) is 0 Å². The molecule has 0 bridgehead atoms. The highest BCUT2D eigenvalue weighted by Gasteiger charge is 2.21. The van der Waals surface area contributed by atoms with Crippen LogP contribution in [-0.2, 0) is 9.22 Å². The predicted molar refractivity (Wildman–Crippen MR) is 53.7 cm³/mol. The highest BCUT2D eigenvalue weighted by Crippen LogP contribution is 2.12. The van der Waals surface area contributed by atoms with E-state index < -0.39 is 8.32 Å². The fraction of sp³-hybridized carbons (Fsp3) is 0.667. The van der Waals surface area contributed by atoms with E-state index in [4.69, 9.17) is 4.43 Å². The maximum Gasteiger partial charge on any atom is 0.187 e. The van der Waals surface area contributed by atoms with E-state index in [1.54, 1.807) is 0 Å². The van der Waals surface area contributed by atoms with Crippen LogP contribution in [0.4, 0.5) is 0 Å². The molecule has 0 aliphatic carbocycles. The summed E-state index contributed by atoms with van der Waals surface area (Å²) in [5.74, 6) is -0.0216. The Hall–Kier alpha value is -0.413. The number of hydrogen-bond acceptors (Lipinski definition) is 2. The van der Waals surface area contributed by atoms with Crippen LogP contribution in [0.1, 0.15) is 13.3 Å². The molecule has 2 nitrogen and oxygen atoms in total. The first-order chi connectivity index (χ1) is 5.52. The van der Waals surface area contributed by atoms with Crippen molar-refractivity contribution in [1.29, 1.82) is 0 Å². The molecule has 0 aliphatic heterocycles. The van der Waals surface area contributed by atoms with Crippen molar-refractivity contribution in [2.75, 3.05) is 6.61 Å². The predicted octanol–water partition coefficient (Wildman–Crippen LogP) is 2.37. The molecule has 0 aromatic rings. The van der Waals surface area contributed by atoms with Crippen LogP contribution in [0.25, 0.3) is 0 Å². The third-order valence-electron chi connectivity index (χ3n) is 1.68. The highest BCUT2D eigenvalue weighted by atomic mass is 28.4. The van der Waals surface area contributed by atoms with E-state index >= 15 is 0 Å². The Kier molecular flexibility index (Phi) is 5.09. The normalized spacial score (nSPS) is 11.2. The fourth-order valence-electron chi connectivity index (χ4n) is 1.000. The molecule has 0 aromatic carbocycles. The molecule has 0 aromatic heterocycles. The first-order valence-electron chi connectivity index (χ1n) is 4.31. The Morgan fingerprint density at radius 2 is 2.17 bits per heavy atom. The maximum absolute atomic E-state index is 10.8. The van der Waals surface area contributed by atoms with Gasteiger partial charge < -0.3 is 4.43 Å². The first kappa shape index (κ1) is 11.6. The molecule has 70 valence electrons. The van der Waals surface area contributed by atoms with Crippen LogP contribution < -0.4 is 0 Å². The lowest BCUT2D eigenvalue weighted by Gasteiger charge is -2.20. The number of rotatable bonds is 6. The first-order valence-corrected chi connectivity index (χ1v) is 7.42. The SMILES string of the molecule is C=CC(=O)CO[Si](C)(C)CCC. The van der Waals surface area contributed by atoms with Gasteiger partial charge in [0.05, 0.1) is 6.61 Å². The van der Waals surface area contributed by atoms with Crippen LogP contribution in [-0.4, -0.2) is 20.7 Å². The van der Waals surface area contributed by atoms with E-state index in [1.807, 2.05) is 0 Å². The van der Waals surface area contributed by atoms with E-state index in [0.29, 0.717) is 0 Å². The average Bonchev–Trinajstić information content (AvgIpc) is 2.00. The minimum atomic E-state index is -1.55. The summed E-state index contributed by atoms with van der Waals surface area (Å²) >= 11 is 0. The van der Waals surface area contributed by atoms with E-state index in [0.717, 1.165) is 12.5 Å². The van der Waals surface area contributed by atoms with Gasteiger partial charge in [-0.15, -0.1) is 0 Å². The summed E-state index contributed by atoms with van der Waals surface area (Å²) in [6, 6.07) is 1.11. The zero-order valence-electron chi connectivity index (χ0n) is 8.22. The molecule has 0 N–H and O–H groups in total. The van der Waals surface area contributed by atoms with Crippen molar-refractivity contribution in [1.82, 2.24) is 0 Å². The second kappa shape index (κ2) is 5.27. The Labute approximate surface area is 75.7 Å². The lowest BCUT2D eigenvalue weighted by atomic mass is 10.4. The molecule has 12 heavy (non-hydrogen) atoms. The van der Waals surface area contributed by atoms with Crippen molar-refractivity contribution >= 4 is 14.1 Å². The van der Waals surface area contributed by atoms with Crippen molar-refractivity contribution < 1.29 is 9.22 Å². The third kappa shape index (κ3) is 5.27. The van der Waals surface area contributed by atoms with Crippen LogP contribution in [0.5, 0.6) is 0 Å². The minimum absolute atomic E-state index is 0.0216. The smallest absolute Gasteiger partial charge is 0.187 e. The standard InChI is InChI=1S/C9H18O2Si/c1-5-7-12(3,4)11-8-9(10)6-2/h6H,2,5,7-8H2,1,3-4H3. The third-order valence-corrected chi connectivity index (χ3v) is 4.31. The van der Waals surface area contributed by atoms with Crippen LogP contribution in [0.2, 0.25) is 19.1 Å². The molecule has 0 aliphatic rings. The summed E-state index contributed by atoms with van der Waals surface area (Å²) in [6.07, 6.45) is 2.44. The summed E-state index contributed by atoms with van der Waals surface area (Å²) in [4.78, 5) is 10.8. The highest BCUT2D eigenvalue weighted by molar-refractivity contribution is 6.71. The molecule has 0 amide bonds. The Morgan fingerprint density at radius 3 is 2.58 bits per heavy atom. The van der Waals surface area contributed by atoms with Crippen LogP contribution >= 0.6 is 0 Å². The van der Waals surface area contributed by atoms with E-state index in [9.17, 15) is 4.79 Å². The molecule has 0 unspecified atom stereocenters. The lowest BCUT2D eigenvalue weighted by molar-refractivity contribution is -0.116. The Bertz CT molecular complexity index is 164. The van der Waals surface area contributed by atoms with Gasteiger partial charge in [-0.2, -0.15) is 0 Å². The van der Waals surface area contributed by atoms with Gasteiger partial charge in [-0.25, -0.2) is 0 Å². The van der Waals surface area contributed by atoms with E-state index in [1.165, 1.54) is 6.08 Å². The maximum atomic E-state index is 10.8. The lowest BCUT2D eigenvalue weighted by Crippen LogP contribution is -2.32. The van der Waals surface area contributed by atoms with Gasteiger partial charge in [-0.3, -0.25) is 4.79 Å². The molecular weight excluding hydrogens is 168 g/mol. The van der Waals surface area contributed by atoms with Crippen LogP contribution in [0.3, 0.4) is 0 Å². The largest absolute Gasteiger partial charge is 0.410 e.